The number of benzene rings is 1. The van der Waals surface area contributed by atoms with E-state index in [0.29, 0.717) is 6.42 Å². The van der Waals surface area contributed by atoms with E-state index in [-0.39, 0.29) is 0 Å². The molecule has 1 radical (unpaired) electrons. The van der Waals surface area contributed by atoms with Gasteiger partial charge in [-0.15, -0.1) is 0 Å². The van der Waals surface area contributed by atoms with E-state index in [2.05, 4.69) is 0 Å². The molecule has 0 spiro atoms. The van der Waals surface area contributed by atoms with Gasteiger partial charge in [-0.3, -0.25) is 0 Å². The topological polar surface area (TPSA) is 20.2 Å². The van der Waals surface area contributed by atoms with Crippen LogP contribution >= 0.6 is 0 Å². The Kier molecular flexibility index (Phi) is 2.46. The molecule has 1 heteroatoms. The first kappa shape index (κ1) is 7.29. The molecule has 0 aliphatic carbocycles. The Morgan fingerprint density at radius 1 is 1.30 bits per heavy atom. The summed E-state index contributed by atoms with van der Waals surface area (Å²) in [6.45, 7) is 3.22. The molecule has 0 heterocycles. The summed E-state index contributed by atoms with van der Waals surface area (Å²) in [6.07, 6.45) is 0.639. The summed E-state index contributed by atoms with van der Waals surface area (Å²) in [6, 6.07) is 8.11. The highest BCUT2D eigenvalue weighted by atomic mass is 16.2. The van der Waals surface area contributed by atoms with Crippen LogP contribution < -0.4 is 0 Å². The van der Waals surface area contributed by atoms with Gasteiger partial charge in [-0.1, -0.05) is 29.8 Å². The van der Waals surface area contributed by atoms with Gasteiger partial charge in [0, 0.05) is 6.42 Å². The number of aliphatic hydroxyl groups excluding tert-OH is 1. The van der Waals surface area contributed by atoms with Crippen molar-refractivity contribution in [1.82, 2.24) is 0 Å². The molecule has 1 aromatic rings. The van der Waals surface area contributed by atoms with E-state index < -0.39 is 0 Å². The molecule has 53 valence electrons. The lowest BCUT2D eigenvalue weighted by atomic mass is 10.1. The van der Waals surface area contributed by atoms with Gasteiger partial charge in [0.2, 0.25) is 0 Å². The van der Waals surface area contributed by atoms with Crippen LogP contribution in [0.4, 0.5) is 0 Å². The first-order chi connectivity index (χ1) is 4.83. The maximum Gasteiger partial charge on any atom is 0.0842 e. The molecule has 1 N–H and O–H groups in total. The Labute approximate surface area is 61.3 Å². The molecule has 0 fully saturated rings. The SMILES string of the molecule is Cc1ccc(C[CH]O)cc1. The van der Waals surface area contributed by atoms with Crippen LogP contribution in [0.2, 0.25) is 0 Å². The maximum absolute atomic E-state index is 8.46. The normalized spacial score (nSPS) is 9.80. The Bertz CT molecular complexity index is 188. The van der Waals surface area contributed by atoms with E-state index in [0.717, 1.165) is 5.56 Å². The fourth-order valence-corrected chi connectivity index (χ4v) is 0.830. The molecule has 0 aromatic heterocycles. The van der Waals surface area contributed by atoms with Crippen LogP contribution in [0.1, 0.15) is 11.1 Å². The minimum absolute atomic E-state index is 0.639. The number of aryl methyl sites for hydroxylation is 1. The number of hydrogen-bond donors (Lipinski definition) is 1. The third kappa shape index (κ3) is 1.85. The van der Waals surface area contributed by atoms with Crippen LogP contribution in [0, 0.1) is 13.5 Å². The second kappa shape index (κ2) is 3.37. The summed E-state index contributed by atoms with van der Waals surface area (Å²) in [4.78, 5) is 0. The third-order valence-electron chi connectivity index (χ3n) is 1.45. The zero-order chi connectivity index (χ0) is 7.40. The quantitative estimate of drug-likeness (QED) is 0.658. The summed E-state index contributed by atoms with van der Waals surface area (Å²) >= 11 is 0. The molecule has 0 aliphatic rings. The zero-order valence-corrected chi connectivity index (χ0v) is 6.04. The van der Waals surface area contributed by atoms with E-state index >= 15 is 0 Å². The van der Waals surface area contributed by atoms with Crippen molar-refractivity contribution in [1.29, 1.82) is 0 Å². The van der Waals surface area contributed by atoms with Crippen LogP contribution in [0.5, 0.6) is 0 Å². The van der Waals surface area contributed by atoms with Gasteiger partial charge >= 0.3 is 0 Å². The minimum atomic E-state index is 0.639. The molecule has 0 unspecified atom stereocenters. The molecular weight excluding hydrogens is 124 g/mol. The van der Waals surface area contributed by atoms with Gasteiger partial charge in [-0.05, 0) is 12.5 Å². The van der Waals surface area contributed by atoms with Gasteiger partial charge in [0.05, 0.1) is 6.61 Å². The van der Waals surface area contributed by atoms with Crippen molar-refractivity contribution in [2.24, 2.45) is 0 Å². The summed E-state index contributed by atoms with van der Waals surface area (Å²) < 4.78 is 0. The standard InChI is InChI=1S/C9H11O/c1-8-2-4-9(5-3-8)6-7-10/h2-5,7,10H,6H2,1H3. The predicted molar refractivity (Wildman–Crippen MR) is 41.1 cm³/mol. The van der Waals surface area contributed by atoms with Crippen molar-refractivity contribution >= 4 is 0 Å². The lowest BCUT2D eigenvalue weighted by Gasteiger charge is -1.96. The Morgan fingerprint density at radius 3 is 2.40 bits per heavy atom. The second-order valence-electron chi connectivity index (χ2n) is 2.37. The average Bonchev–Trinajstić information content (AvgIpc) is 1.95. The third-order valence-corrected chi connectivity index (χ3v) is 1.45. The summed E-state index contributed by atoms with van der Waals surface area (Å²) in [5, 5.41) is 8.46. The average molecular weight is 135 g/mol. The molecule has 0 aliphatic heterocycles. The Hall–Kier alpha value is -0.820. The van der Waals surface area contributed by atoms with E-state index in [1.807, 2.05) is 31.2 Å². The van der Waals surface area contributed by atoms with E-state index in [4.69, 9.17) is 5.11 Å². The van der Waals surface area contributed by atoms with Crippen LogP contribution in [0.3, 0.4) is 0 Å². The number of rotatable bonds is 2. The molecule has 1 rings (SSSR count). The van der Waals surface area contributed by atoms with Crippen LogP contribution in [0.15, 0.2) is 24.3 Å². The summed E-state index contributed by atoms with van der Waals surface area (Å²) in [5.41, 5.74) is 2.40. The van der Waals surface area contributed by atoms with Crippen molar-refractivity contribution in [2.75, 3.05) is 0 Å². The van der Waals surface area contributed by atoms with Gasteiger partial charge in [0.1, 0.15) is 0 Å². The smallest absolute Gasteiger partial charge is 0.0842 e. The minimum Gasteiger partial charge on any atom is -0.390 e. The predicted octanol–water partition coefficient (Wildman–Crippen LogP) is 2.07. The van der Waals surface area contributed by atoms with E-state index in [1.165, 1.54) is 12.2 Å². The molecule has 0 atom stereocenters. The molecule has 0 amide bonds. The summed E-state index contributed by atoms with van der Waals surface area (Å²) in [7, 11) is 0. The fourth-order valence-electron chi connectivity index (χ4n) is 0.830. The fraction of sp³-hybridized carbons (Fsp3) is 0.222. The molecule has 0 saturated carbocycles. The highest BCUT2D eigenvalue weighted by Gasteiger charge is 1.89. The van der Waals surface area contributed by atoms with Crippen LogP contribution in [-0.2, 0) is 6.42 Å². The highest BCUT2D eigenvalue weighted by molar-refractivity contribution is 5.21. The molecule has 10 heavy (non-hydrogen) atoms. The lowest BCUT2D eigenvalue weighted by molar-refractivity contribution is 0.385. The van der Waals surface area contributed by atoms with E-state index in [1.54, 1.807) is 0 Å². The van der Waals surface area contributed by atoms with Crippen molar-refractivity contribution < 1.29 is 5.11 Å². The second-order valence-corrected chi connectivity index (χ2v) is 2.37. The molecule has 0 saturated heterocycles. The zero-order valence-electron chi connectivity index (χ0n) is 6.04. The van der Waals surface area contributed by atoms with Crippen molar-refractivity contribution in [2.45, 2.75) is 13.3 Å². The van der Waals surface area contributed by atoms with E-state index in [9.17, 15) is 0 Å². The molecule has 1 nitrogen and oxygen atoms in total. The highest BCUT2D eigenvalue weighted by Crippen LogP contribution is 2.03. The monoisotopic (exact) mass is 135 g/mol. The van der Waals surface area contributed by atoms with Gasteiger partial charge in [-0.2, -0.15) is 0 Å². The lowest BCUT2D eigenvalue weighted by Crippen LogP contribution is -1.84. The van der Waals surface area contributed by atoms with Crippen LogP contribution in [0.25, 0.3) is 0 Å². The molecule has 1 aromatic carbocycles. The number of hydrogen-bond acceptors (Lipinski definition) is 1. The van der Waals surface area contributed by atoms with Crippen molar-refractivity contribution in [3.63, 3.8) is 0 Å². The first-order valence-electron chi connectivity index (χ1n) is 3.34. The van der Waals surface area contributed by atoms with Crippen molar-refractivity contribution in [3.8, 4) is 0 Å². The maximum atomic E-state index is 8.46. The Balaban J connectivity index is 2.69. The summed E-state index contributed by atoms with van der Waals surface area (Å²) in [5.74, 6) is 0. The van der Waals surface area contributed by atoms with Gasteiger partial charge < -0.3 is 5.11 Å². The van der Waals surface area contributed by atoms with Gasteiger partial charge in [-0.25, -0.2) is 0 Å². The molecule has 0 bridgehead atoms. The molecular formula is C9H11O. The van der Waals surface area contributed by atoms with Crippen LogP contribution in [-0.4, -0.2) is 5.11 Å². The van der Waals surface area contributed by atoms with Gasteiger partial charge in [0.15, 0.2) is 0 Å². The Morgan fingerprint density at radius 2 is 1.90 bits per heavy atom. The largest absolute Gasteiger partial charge is 0.390 e. The van der Waals surface area contributed by atoms with Crippen molar-refractivity contribution in [3.05, 3.63) is 42.0 Å². The number of aliphatic hydroxyl groups is 1. The first-order valence-corrected chi connectivity index (χ1v) is 3.34. The van der Waals surface area contributed by atoms with Gasteiger partial charge in [0.25, 0.3) is 0 Å².